The van der Waals surface area contributed by atoms with Crippen LogP contribution in [0.2, 0.25) is 0 Å². The summed E-state index contributed by atoms with van der Waals surface area (Å²) in [5.74, 6) is -0.730. The topological polar surface area (TPSA) is 108 Å². The molecule has 0 saturated heterocycles. The minimum absolute atomic E-state index is 0.124. The van der Waals surface area contributed by atoms with E-state index in [-0.39, 0.29) is 23.5 Å². The van der Waals surface area contributed by atoms with Crippen molar-refractivity contribution in [3.8, 4) is 5.75 Å². The Morgan fingerprint density at radius 2 is 1.69 bits per heavy atom. The molecule has 0 aromatic heterocycles. The Morgan fingerprint density at radius 1 is 1.06 bits per heavy atom. The summed E-state index contributed by atoms with van der Waals surface area (Å²) < 4.78 is 5.40. The summed E-state index contributed by atoms with van der Waals surface area (Å²) in [6.45, 7) is 15.7. The molecule has 0 aliphatic rings. The van der Waals surface area contributed by atoms with E-state index in [1.54, 1.807) is 50.8 Å². The fourth-order valence-corrected chi connectivity index (χ4v) is 3.83. The quantitative estimate of drug-likeness (QED) is 0.318. The van der Waals surface area contributed by atoms with Crippen LogP contribution in [0.3, 0.4) is 0 Å². The third-order valence-electron chi connectivity index (χ3n) is 5.82. The van der Waals surface area contributed by atoms with Gasteiger partial charge in [0.25, 0.3) is 0 Å². The van der Waals surface area contributed by atoms with Crippen LogP contribution in [0.15, 0.2) is 18.2 Å². The van der Waals surface area contributed by atoms with Crippen LogP contribution < -0.4 is 10.6 Å². The normalized spacial score (nSPS) is 13.1. The van der Waals surface area contributed by atoms with Gasteiger partial charge in [-0.2, -0.15) is 0 Å². The summed E-state index contributed by atoms with van der Waals surface area (Å²) in [5, 5.41) is 15.8. The van der Waals surface area contributed by atoms with Gasteiger partial charge in [0.05, 0.1) is 0 Å². The molecule has 0 radical (unpaired) electrons. The highest BCUT2D eigenvalue weighted by Crippen LogP contribution is 2.28. The van der Waals surface area contributed by atoms with Crippen LogP contribution in [-0.4, -0.2) is 52.6 Å². The molecule has 3 N–H and O–H groups in total. The van der Waals surface area contributed by atoms with E-state index in [0.29, 0.717) is 30.6 Å². The van der Waals surface area contributed by atoms with Gasteiger partial charge in [-0.1, -0.05) is 53.0 Å². The average Bonchev–Trinajstić information content (AvgIpc) is 2.78. The SMILES string of the molecule is CCCCCNC(=O)C(c1ccc(O)c(C)c1)N(CCCC)C(=O)C(NC(=O)OC(C)(C)C)C(C)C. The van der Waals surface area contributed by atoms with Gasteiger partial charge in [0.15, 0.2) is 0 Å². The summed E-state index contributed by atoms with van der Waals surface area (Å²) in [4.78, 5) is 41.6. The van der Waals surface area contributed by atoms with Gasteiger partial charge in [0.2, 0.25) is 11.8 Å². The van der Waals surface area contributed by atoms with Gasteiger partial charge in [0.1, 0.15) is 23.4 Å². The summed E-state index contributed by atoms with van der Waals surface area (Å²) >= 11 is 0. The number of alkyl carbamates (subject to hydrolysis) is 1. The Labute approximate surface area is 217 Å². The number of benzene rings is 1. The van der Waals surface area contributed by atoms with E-state index in [1.807, 2.05) is 20.8 Å². The van der Waals surface area contributed by atoms with E-state index in [1.165, 1.54) is 0 Å². The van der Waals surface area contributed by atoms with E-state index >= 15 is 0 Å². The standard InChI is InChI=1S/C28H47N3O5/c1-9-11-13-16-29-25(33)24(21-14-15-22(32)20(5)18-21)31(17-12-10-2)26(34)23(19(3)4)30-27(35)36-28(6,7)8/h14-15,18-19,23-24,32H,9-13,16-17H2,1-8H3,(H,29,33)(H,30,35). The summed E-state index contributed by atoms with van der Waals surface area (Å²) in [6.07, 6.45) is 3.72. The second kappa shape index (κ2) is 14.7. The number of unbranched alkanes of at least 4 members (excludes halogenated alkanes) is 3. The van der Waals surface area contributed by atoms with Crippen molar-refractivity contribution in [3.05, 3.63) is 29.3 Å². The highest BCUT2D eigenvalue weighted by atomic mass is 16.6. The number of nitrogens with one attached hydrogen (secondary N) is 2. The van der Waals surface area contributed by atoms with Gasteiger partial charge in [-0.3, -0.25) is 9.59 Å². The van der Waals surface area contributed by atoms with E-state index in [0.717, 1.165) is 25.7 Å². The maximum atomic E-state index is 14.0. The van der Waals surface area contributed by atoms with Crippen molar-refractivity contribution in [2.45, 2.75) is 105 Å². The highest BCUT2D eigenvalue weighted by molar-refractivity contribution is 5.92. The maximum absolute atomic E-state index is 14.0. The minimum Gasteiger partial charge on any atom is -0.508 e. The first-order valence-corrected chi connectivity index (χ1v) is 13.2. The maximum Gasteiger partial charge on any atom is 0.408 e. The molecular weight excluding hydrogens is 458 g/mol. The molecule has 0 saturated carbocycles. The predicted octanol–water partition coefficient (Wildman–Crippen LogP) is 5.23. The van der Waals surface area contributed by atoms with Gasteiger partial charge in [0, 0.05) is 13.1 Å². The lowest BCUT2D eigenvalue weighted by Crippen LogP contribution is -2.55. The zero-order valence-corrected chi connectivity index (χ0v) is 23.4. The van der Waals surface area contributed by atoms with Gasteiger partial charge in [-0.15, -0.1) is 0 Å². The molecule has 0 spiro atoms. The highest BCUT2D eigenvalue weighted by Gasteiger charge is 2.37. The largest absolute Gasteiger partial charge is 0.508 e. The number of phenols is 1. The summed E-state index contributed by atoms with van der Waals surface area (Å²) in [7, 11) is 0. The van der Waals surface area contributed by atoms with Gasteiger partial charge >= 0.3 is 6.09 Å². The van der Waals surface area contributed by atoms with Crippen molar-refractivity contribution in [2.24, 2.45) is 5.92 Å². The third-order valence-corrected chi connectivity index (χ3v) is 5.82. The van der Waals surface area contributed by atoms with Crippen LogP contribution in [0.1, 0.15) is 97.7 Å². The molecule has 0 aliphatic heterocycles. The number of carbonyl (C=O) groups excluding carboxylic acids is 3. The molecule has 0 aliphatic carbocycles. The zero-order chi connectivity index (χ0) is 27.5. The molecule has 0 heterocycles. The van der Waals surface area contributed by atoms with Crippen LogP contribution in [-0.2, 0) is 14.3 Å². The first kappa shape index (κ1) is 31.3. The Morgan fingerprint density at radius 3 is 2.22 bits per heavy atom. The monoisotopic (exact) mass is 505 g/mol. The number of carbonyl (C=O) groups is 3. The van der Waals surface area contributed by atoms with Crippen molar-refractivity contribution >= 4 is 17.9 Å². The molecule has 1 aromatic carbocycles. The third kappa shape index (κ3) is 10.1. The van der Waals surface area contributed by atoms with Crippen molar-refractivity contribution in [1.82, 2.24) is 15.5 Å². The van der Waals surface area contributed by atoms with Crippen molar-refractivity contribution in [2.75, 3.05) is 13.1 Å². The summed E-state index contributed by atoms with van der Waals surface area (Å²) in [6, 6.07) is 3.20. The number of amides is 3. The van der Waals surface area contributed by atoms with Crippen LogP contribution in [0.25, 0.3) is 0 Å². The van der Waals surface area contributed by atoms with Crippen LogP contribution in [0.4, 0.5) is 4.79 Å². The lowest BCUT2D eigenvalue weighted by atomic mass is 9.97. The number of ether oxygens (including phenoxy) is 1. The number of hydrogen-bond donors (Lipinski definition) is 3. The molecular formula is C28H47N3O5. The number of aryl methyl sites for hydroxylation is 1. The molecule has 2 atom stereocenters. The first-order chi connectivity index (χ1) is 16.8. The lowest BCUT2D eigenvalue weighted by Gasteiger charge is -2.35. The van der Waals surface area contributed by atoms with Crippen LogP contribution >= 0.6 is 0 Å². The summed E-state index contributed by atoms with van der Waals surface area (Å²) in [5.41, 5.74) is 0.523. The second-order valence-corrected chi connectivity index (χ2v) is 10.7. The van der Waals surface area contributed by atoms with Gasteiger partial charge in [-0.05, 0) is 69.7 Å². The fourth-order valence-electron chi connectivity index (χ4n) is 3.83. The Hall–Kier alpha value is -2.77. The van der Waals surface area contributed by atoms with E-state index in [4.69, 9.17) is 4.74 Å². The van der Waals surface area contributed by atoms with E-state index < -0.39 is 23.8 Å². The molecule has 0 fully saturated rings. The molecule has 1 rings (SSSR count). The molecule has 204 valence electrons. The number of nitrogens with zero attached hydrogens (tertiary/aromatic N) is 1. The molecule has 1 aromatic rings. The smallest absolute Gasteiger partial charge is 0.408 e. The van der Waals surface area contributed by atoms with Crippen molar-refractivity contribution in [3.63, 3.8) is 0 Å². The number of phenolic OH excluding ortho intramolecular Hbond substituents is 1. The number of aromatic hydroxyl groups is 1. The van der Waals surface area contributed by atoms with E-state index in [9.17, 15) is 19.5 Å². The van der Waals surface area contributed by atoms with E-state index in [2.05, 4.69) is 17.6 Å². The molecule has 8 heteroatoms. The minimum atomic E-state index is -0.897. The first-order valence-electron chi connectivity index (χ1n) is 13.2. The van der Waals surface area contributed by atoms with Gasteiger partial charge in [-0.25, -0.2) is 4.79 Å². The van der Waals surface area contributed by atoms with Crippen molar-refractivity contribution < 1.29 is 24.2 Å². The van der Waals surface area contributed by atoms with Crippen molar-refractivity contribution in [1.29, 1.82) is 0 Å². The second-order valence-electron chi connectivity index (χ2n) is 10.7. The molecule has 3 amide bonds. The van der Waals surface area contributed by atoms with Crippen LogP contribution in [0.5, 0.6) is 5.75 Å². The Kier molecular flexibility index (Phi) is 12.8. The molecule has 8 nitrogen and oxygen atoms in total. The molecule has 2 unspecified atom stereocenters. The number of hydrogen-bond acceptors (Lipinski definition) is 5. The Bertz CT molecular complexity index is 863. The zero-order valence-electron chi connectivity index (χ0n) is 23.4. The van der Waals surface area contributed by atoms with Gasteiger partial charge < -0.3 is 25.4 Å². The van der Waals surface area contributed by atoms with Crippen LogP contribution in [0, 0.1) is 12.8 Å². The molecule has 0 bridgehead atoms. The number of rotatable bonds is 13. The lowest BCUT2D eigenvalue weighted by molar-refractivity contribution is -0.143. The molecule has 36 heavy (non-hydrogen) atoms. The fraction of sp³-hybridized carbons (Fsp3) is 0.679. The average molecular weight is 506 g/mol. The Balaban J connectivity index is 3.42. The predicted molar refractivity (Wildman–Crippen MR) is 143 cm³/mol.